The van der Waals surface area contributed by atoms with E-state index in [1.165, 1.54) is 19.3 Å². The third-order valence-corrected chi connectivity index (χ3v) is 4.40. The Morgan fingerprint density at radius 1 is 1.30 bits per heavy atom. The summed E-state index contributed by atoms with van der Waals surface area (Å²) in [6.45, 7) is 3.65. The summed E-state index contributed by atoms with van der Waals surface area (Å²) < 4.78 is 11.3. The summed E-state index contributed by atoms with van der Waals surface area (Å²) in [5.41, 5.74) is 1.12. The van der Waals surface area contributed by atoms with Crippen LogP contribution in [0.15, 0.2) is 30.4 Å². The van der Waals surface area contributed by atoms with Gasteiger partial charge < -0.3 is 19.9 Å². The predicted molar refractivity (Wildman–Crippen MR) is 93.2 cm³/mol. The number of methoxy groups -OCH3 is 1. The van der Waals surface area contributed by atoms with Crippen molar-refractivity contribution in [1.29, 1.82) is 0 Å². The second kappa shape index (κ2) is 9.58. The van der Waals surface area contributed by atoms with E-state index in [1.54, 1.807) is 13.2 Å². The molecule has 0 bridgehead atoms. The highest BCUT2D eigenvalue weighted by molar-refractivity contribution is 5.41. The quantitative estimate of drug-likeness (QED) is 0.721. The summed E-state index contributed by atoms with van der Waals surface area (Å²) >= 11 is 0. The molecule has 2 unspecified atom stereocenters. The number of rotatable bonds is 8. The average Bonchev–Trinajstić information content (AvgIpc) is 2.58. The maximum atomic E-state index is 9.63. The van der Waals surface area contributed by atoms with Crippen LogP contribution in [0.4, 0.5) is 0 Å². The first-order valence-corrected chi connectivity index (χ1v) is 8.56. The van der Waals surface area contributed by atoms with E-state index in [0.717, 1.165) is 24.9 Å². The van der Waals surface area contributed by atoms with Gasteiger partial charge in [-0.3, -0.25) is 0 Å². The summed E-state index contributed by atoms with van der Waals surface area (Å²) in [6, 6.07) is 5.93. The molecule has 2 atom stereocenters. The van der Waals surface area contributed by atoms with Crippen molar-refractivity contribution in [2.24, 2.45) is 0 Å². The van der Waals surface area contributed by atoms with E-state index in [9.17, 15) is 5.11 Å². The van der Waals surface area contributed by atoms with Crippen molar-refractivity contribution in [2.45, 2.75) is 51.2 Å². The molecule has 0 spiro atoms. The molecule has 0 radical (unpaired) electrons. The largest absolute Gasteiger partial charge is 0.504 e. The number of aromatic hydroxyl groups is 1. The summed E-state index contributed by atoms with van der Waals surface area (Å²) in [4.78, 5) is 0. The number of hydrogen-bond donors (Lipinski definition) is 2. The van der Waals surface area contributed by atoms with Crippen molar-refractivity contribution < 1.29 is 14.6 Å². The van der Waals surface area contributed by atoms with Gasteiger partial charge in [0, 0.05) is 12.6 Å². The number of allylic oxidation sites excluding steroid dienone is 1. The van der Waals surface area contributed by atoms with Crippen molar-refractivity contribution in [1.82, 2.24) is 5.32 Å². The molecular formula is C19H29NO3. The number of nitrogens with one attached hydrogen (secondary N) is 1. The average molecular weight is 319 g/mol. The smallest absolute Gasteiger partial charge is 0.160 e. The lowest BCUT2D eigenvalue weighted by Crippen LogP contribution is -2.43. The summed E-state index contributed by atoms with van der Waals surface area (Å²) in [5, 5.41) is 13.2. The monoisotopic (exact) mass is 319 g/mol. The van der Waals surface area contributed by atoms with Crippen LogP contribution >= 0.6 is 0 Å². The van der Waals surface area contributed by atoms with E-state index in [-0.39, 0.29) is 5.75 Å². The second-order valence-corrected chi connectivity index (χ2v) is 6.03. The van der Waals surface area contributed by atoms with E-state index < -0.39 is 0 Å². The van der Waals surface area contributed by atoms with Gasteiger partial charge in [-0.15, -0.1) is 0 Å². The molecule has 1 saturated carbocycles. The van der Waals surface area contributed by atoms with Crippen molar-refractivity contribution >= 4 is 0 Å². The van der Waals surface area contributed by atoms with Gasteiger partial charge >= 0.3 is 0 Å². The molecule has 1 aromatic rings. The SMILES string of the molecule is C/C=C\CNC1CCCCC1OCCc1ccc(O)c(OC)c1. The standard InChI is InChI=1S/C19H29NO3/c1-3-4-12-20-16-7-5-6-8-18(16)23-13-11-15-9-10-17(21)19(14-15)22-2/h3-4,9-10,14,16,18,20-21H,5-8,11-13H2,1-2H3/b4-3-. The fourth-order valence-electron chi connectivity index (χ4n) is 3.07. The molecule has 128 valence electrons. The first-order valence-electron chi connectivity index (χ1n) is 8.56. The van der Waals surface area contributed by atoms with Crippen LogP contribution < -0.4 is 10.1 Å². The molecule has 1 aliphatic carbocycles. The molecule has 1 fully saturated rings. The Balaban J connectivity index is 1.81. The molecule has 2 rings (SSSR count). The minimum absolute atomic E-state index is 0.178. The molecule has 4 heteroatoms. The second-order valence-electron chi connectivity index (χ2n) is 6.03. The Kier molecular flexibility index (Phi) is 7.43. The molecule has 1 aliphatic rings. The fourth-order valence-corrected chi connectivity index (χ4v) is 3.07. The number of ether oxygens (including phenoxy) is 2. The van der Waals surface area contributed by atoms with Gasteiger partial charge in [-0.25, -0.2) is 0 Å². The number of phenols is 1. The van der Waals surface area contributed by atoms with Gasteiger partial charge in [0.25, 0.3) is 0 Å². The fraction of sp³-hybridized carbons (Fsp3) is 0.579. The molecule has 2 N–H and O–H groups in total. The van der Waals surface area contributed by atoms with Gasteiger partial charge in [0.15, 0.2) is 11.5 Å². The molecule has 23 heavy (non-hydrogen) atoms. The van der Waals surface area contributed by atoms with Crippen molar-refractivity contribution in [3.8, 4) is 11.5 Å². The Morgan fingerprint density at radius 3 is 2.91 bits per heavy atom. The van der Waals surface area contributed by atoms with Crippen LogP contribution in [-0.2, 0) is 11.2 Å². The van der Waals surface area contributed by atoms with Crippen LogP contribution in [0.3, 0.4) is 0 Å². The van der Waals surface area contributed by atoms with Crippen LogP contribution in [0.25, 0.3) is 0 Å². The Labute approximate surface area is 139 Å². The molecule has 0 amide bonds. The Hall–Kier alpha value is -1.52. The summed E-state index contributed by atoms with van der Waals surface area (Å²) in [6.07, 6.45) is 10.2. The maximum absolute atomic E-state index is 9.63. The molecule has 0 saturated heterocycles. The van der Waals surface area contributed by atoms with E-state index in [1.807, 2.05) is 19.1 Å². The highest BCUT2D eigenvalue weighted by atomic mass is 16.5. The topological polar surface area (TPSA) is 50.7 Å². The minimum atomic E-state index is 0.178. The van der Waals surface area contributed by atoms with Crippen molar-refractivity contribution in [3.63, 3.8) is 0 Å². The molecule has 0 heterocycles. The third-order valence-electron chi connectivity index (χ3n) is 4.40. The minimum Gasteiger partial charge on any atom is -0.504 e. The number of phenolic OH excluding ortho intramolecular Hbond substituents is 1. The van der Waals surface area contributed by atoms with Crippen LogP contribution in [0.1, 0.15) is 38.2 Å². The van der Waals surface area contributed by atoms with E-state index in [4.69, 9.17) is 9.47 Å². The van der Waals surface area contributed by atoms with E-state index in [0.29, 0.717) is 24.5 Å². The molecule has 4 nitrogen and oxygen atoms in total. The van der Waals surface area contributed by atoms with Crippen LogP contribution in [-0.4, -0.2) is 37.5 Å². The molecule has 0 aliphatic heterocycles. The highest BCUT2D eigenvalue weighted by Gasteiger charge is 2.24. The summed E-state index contributed by atoms with van der Waals surface area (Å²) in [5.74, 6) is 0.698. The number of hydrogen-bond acceptors (Lipinski definition) is 4. The van der Waals surface area contributed by atoms with Crippen molar-refractivity contribution in [2.75, 3.05) is 20.3 Å². The Morgan fingerprint density at radius 2 is 2.13 bits per heavy atom. The lowest BCUT2D eigenvalue weighted by atomic mass is 9.92. The van der Waals surface area contributed by atoms with Crippen LogP contribution in [0.2, 0.25) is 0 Å². The zero-order chi connectivity index (χ0) is 16.5. The zero-order valence-electron chi connectivity index (χ0n) is 14.3. The van der Waals surface area contributed by atoms with Gasteiger partial charge in [0.2, 0.25) is 0 Å². The zero-order valence-corrected chi connectivity index (χ0v) is 14.3. The lowest BCUT2D eigenvalue weighted by molar-refractivity contribution is 0.00767. The lowest BCUT2D eigenvalue weighted by Gasteiger charge is -2.32. The molecular weight excluding hydrogens is 290 g/mol. The molecule has 1 aromatic carbocycles. The van der Waals surface area contributed by atoms with Crippen molar-refractivity contribution in [3.05, 3.63) is 35.9 Å². The first-order chi connectivity index (χ1) is 11.2. The Bertz CT molecular complexity index is 501. The summed E-state index contributed by atoms with van der Waals surface area (Å²) in [7, 11) is 1.57. The first kappa shape index (κ1) is 17.8. The highest BCUT2D eigenvalue weighted by Crippen LogP contribution is 2.27. The third kappa shape index (κ3) is 5.56. The predicted octanol–water partition coefficient (Wildman–Crippen LogP) is 3.44. The van der Waals surface area contributed by atoms with E-state index in [2.05, 4.69) is 17.5 Å². The van der Waals surface area contributed by atoms with Gasteiger partial charge in [0.05, 0.1) is 19.8 Å². The maximum Gasteiger partial charge on any atom is 0.160 e. The van der Waals surface area contributed by atoms with E-state index >= 15 is 0 Å². The normalized spacial score (nSPS) is 21.7. The van der Waals surface area contributed by atoms with Gasteiger partial charge in [0.1, 0.15) is 0 Å². The van der Waals surface area contributed by atoms with Gasteiger partial charge in [-0.1, -0.05) is 31.1 Å². The van der Waals surface area contributed by atoms with Gasteiger partial charge in [-0.2, -0.15) is 0 Å². The molecule has 0 aromatic heterocycles. The van der Waals surface area contributed by atoms with Gasteiger partial charge in [-0.05, 0) is 43.9 Å². The van der Waals surface area contributed by atoms with Crippen LogP contribution in [0.5, 0.6) is 11.5 Å². The number of benzene rings is 1. The van der Waals surface area contributed by atoms with Crippen LogP contribution in [0, 0.1) is 0 Å².